The second-order valence-electron chi connectivity index (χ2n) is 12.5. The van der Waals surface area contributed by atoms with E-state index in [4.69, 9.17) is 14.2 Å². The molecule has 1 unspecified atom stereocenters. The fourth-order valence-electron chi connectivity index (χ4n) is 6.45. The van der Waals surface area contributed by atoms with Gasteiger partial charge in [0.25, 0.3) is 0 Å². The number of hydrogen-bond acceptors (Lipinski definition) is 6. The summed E-state index contributed by atoms with van der Waals surface area (Å²) in [6, 6.07) is 16.2. The number of carboxylic acids is 1. The van der Waals surface area contributed by atoms with Crippen LogP contribution in [0.5, 0.6) is 0 Å². The van der Waals surface area contributed by atoms with Gasteiger partial charge in [-0.2, -0.15) is 0 Å². The van der Waals surface area contributed by atoms with Gasteiger partial charge in [-0.05, 0) is 81.5 Å². The highest BCUT2D eigenvalue weighted by Gasteiger charge is 2.50. The quantitative estimate of drug-likeness (QED) is 0.426. The first-order chi connectivity index (χ1) is 20.1. The number of carbonyl (C=O) groups excluding carboxylic acids is 2. The molecule has 1 atom stereocenters. The number of likely N-dealkylation sites (tertiary alicyclic amines) is 1. The molecule has 9 heteroatoms. The van der Waals surface area contributed by atoms with Gasteiger partial charge < -0.3 is 24.2 Å². The lowest BCUT2D eigenvalue weighted by molar-refractivity contribution is -0.154. The molecule has 2 amide bonds. The number of hydrogen-bond donors (Lipinski definition) is 1. The van der Waals surface area contributed by atoms with E-state index in [-0.39, 0.29) is 51.1 Å². The van der Waals surface area contributed by atoms with Crippen molar-refractivity contribution < 1.29 is 33.7 Å². The molecule has 1 aliphatic carbocycles. The Morgan fingerprint density at radius 3 is 2.17 bits per heavy atom. The number of amides is 2. The lowest BCUT2D eigenvalue weighted by Gasteiger charge is -2.45. The largest absolute Gasteiger partial charge is 0.479 e. The predicted molar refractivity (Wildman–Crippen MR) is 157 cm³/mol. The fourth-order valence-corrected chi connectivity index (χ4v) is 6.45. The summed E-state index contributed by atoms with van der Waals surface area (Å²) in [4.78, 5) is 42.5. The Balaban J connectivity index is 1.35. The van der Waals surface area contributed by atoms with Gasteiger partial charge >= 0.3 is 18.2 Å². The van der Waals surface area contributed by atoms with E-state index in [1.165, 1.54) is 9.80 Å². The van der Waals surface area contributed by atoms with Gasteiger partial charge in [-0.15, -0.1) is 0 Å². The van der Waals surface area contributed by atoms with E-state index in [1.807, 2.05) is 24.3 Å². The summed E-state index contributed by atoms with van der Waals surface area (Å²) in [6.45, 7) is 6.67. The number of carboxylic acid groups (broad SMARTS) is 1. The van der Waals surface area contributed by atoms with Crippen LogP contribution in [0.25, 0.3) is 11.1 Å². The van der Waals surface area contributed by atoms with E-state index in [2.05, 4.69) is 24.3 Å². The normalized spacial score (nSPS) is 19.9. The monoisotopic (exact) mass is 578 g/mol. The molecule has 226 valence electrons. The molecule has 2 aromatic rings. The molecular formula is C33H42N2O7. The molecule has 0 spiro atoms. The van der Waals surface area contributed by atoms with Crippen LogP contribution in [0.15, 0.2) is 48.5 Å². The molecule has 0 radical (unpaired) electrons. The highest BCUT2D eigenvalue weighted by atomic mass is 16.6. The number of nitrogens with zero attached hydrogens (tertiary/aromatic N) is 2. The molecular weight excluding hydrogens is 536 g/mol. The molecule has 42 heavy (non-hydrogen) atoms. The van der Waals surface area contributed by atoms with Crippen LogP contribution in [-0.2, 0) is 19.0 Å². The number of ether oxygens (including phenoxy) is 3. The maximum Gasteiger partial charge on any atom is 0.410 e. The zero-order chi connectivity index (χ0) is 29.9. The van der Waals surface area contributed by atoms with Crippen LogP contribution in [0.1, 0.15) is 76.3 Å². The third-order valence-corrected chi connectivity index (χ3v) is 8.66. The number of piperidine rings is 1. The van der Waals surface area contributed by atoms with E-state index in [0.717, 1.165) is 41.5 Å². The van der Waals surface area contributed by atoms with Crippen LogP contribution in [0.3, 0.4) is 0 Å². The minimum atomic E-state index is -1.50. The highest BCUT2D eigenvalue weighted by Crippen LogP contribution is 2.44. The van der Waals surface area contributed by atoms with Gasteiger partial charge in [0.1, 0.15) is 17.7 Å². The van der Waals surface area contributed by atoms with Crippen LogP contribution in [-0.4, -0.2) is 83.2 Å². The van der Waals surface area contributed by atoms with Crippen LogP contribution in [0, 0.1) is 0 Å². The zero-order valence-electron chi connectivity index (χ0n) is 24.8. The SMILES string of the molecule is CC(C)(C)OC(=O)N1CCC(C(=O)O)(N(CCC2CCCCO2)C(=O)OCC2c3ccccc3-c3ccccc32)CC1. The summed E-state index contributed by atoms with van der Waals surface area (Å²) in [5, 5.41) is 10.6. The van der Waals surface area contributed by atoms with Crippen molar-refractivity contribution in [3.05, 3.63) is 59.7 Å². The van der Waals surface area contributed by atoms with Gasteiger partial charge in [0.2, 0.25) is 0 Å². The third kappa shape index (κ3) is 6.26. The highest BCUT2D eigenvalue weighted by molar-refractivity contribution is 5.85. The average molecular weight is 579 g/mol. The lowest BCUT2D eigenvalue weighted by Crippen LogP contribution is -2.63. The first kappa shape index (κ1) is 29.9. The number of benzene rings is 2. The lowest BCUT2D eigenvalue weighted by atomic mass is 9.85. The molecule has 2 aromatic carbocycles. The Labute approximate surface area is 247 Å². The minimum Gasteiger partial charge on any atom is -0.479 e. The van der Waals surface area contributed by atoms with Crippen molar-refractivity contribution in [2.75, 3.05) is 32.8 Å². The van der Waals surface area contributed by atoms with Crippen LogP contribution < -0.4 is 0 Å². The first-order valence-electron chi connectivity index (χ1n) is 15.0. The van der Waals surface area contributed by atoms with Gasteiger partial charge in [0.05, 0.1) is 6.10 Å². The molecule has 3 aliphatic rings. The smallest absolute Gasteiger partial charge is 0.410 e. The number of carbonyl (C=O) groups is 3. The molecule has 1 N–H and O–H groups in total. The summed E-state index contributed by atoms with van der Waals surface area (Å²) in [5.74, 6) is -1.23. The first-order valence-corrected chi connectivity index (χ1v) is 15.0. The molecule has 9 nitrogen and oxygen atoms in total. The third-order valence-electron chi connectivity index (χ3n) is 8.66. The summed E-state index contributed by atoms with van der Waals surface area (Å²) >= 11 is 0. The maximum absolute atomic E-state index is 13.9. The van der Waals surface area contributed by atoms with Crippen molar-refractivity contribution in [1.82, 2.24) is 9.80 Å². The Hall–Kier alpha value is -3.59. The summed E-state index contributed by atoms with van der Waals surface area (Å²) in [5.41, 5.74) is 2.26. The maximum atomic E-state index is 13.9. The standard InChI is InChI=1S/C33H42N2O7/c1-32(2,3)42-30(38)34-19-16-33(17-20-34,29(36)37)35(18-15-23-10-8-9-21-40-23)31(39)41-22-28-26-13-6-4-11-24(26)25-12-5-7-14-27(25)28/h4-7,11-14,23,28H,8-10,15-22H2,1-3H3,(H,36,37). The van der Waals surface area contributed by atoms with Crippen LogP contribution in [0.2, 0.25) is 0 Å². The Kier molecular flexibility index (Phi) is 8.78. The van der Waals surface area contributed by atoms with E-state index < -0.39 is 29.3 Å². The number of aliphatic carboxylic acids is 1. The second kappa shape index (κ2) is 12.3. The fraction of sp³-hybridized carbons (Fsp3) is 0.545. The van der Waals surface area contributed by atoms with E-state index >= 15 is 0 Å². The number of rotatable bonds is 7. The summed E-state index contributed by atoms with van der Waals surface area (Å²) < 4.78 is 17.4. The Morgan fingerprint density at radius 2 is 1.62 bits per heavy atom. The predicted octanol–water partition coefficient (Wildman–Crippen LogP) is 6.05. The Bertz CT molecular complexity index is 1240. The molecule has 5 rings (SSSR count). The van der Waals surface area contributed by atoms with Crippen LogP contribution in [0.4, 0.5) is 9.59 Å². The van der Waals surface area contributed by atoms with Crippen LogP contribution >= 0.6 is 0 Å². The van der Waals surface area contributed by atoms with Gasteiger partial charge in [-0.1, -0.05) is 48.5 Å². The van der Waals surface area contributed by atoms with Gasteiger partial charge in [-0.3, -0.25) is 4.90 Å². The van der Waals surface area contributed by atoms with E-state index in [9.17, 15) is 19.5 Å². The molecule has 2 fully saturated rings. The number of fused-ring (bicyclic) bond motifs is 3. The van der Waals surface area contributed by atoms with Crippen molar-refractivity contribution in [1.29, 1.82) is 0 Å². The average Bonchev–Trinajstić information content (AvgIpc) is 3.29. The molecule has 2 saturated heterocycles. The molecule has 0 saturated carbocycles. The summed E-state index contributed by atoms with van der Waals surface area (Å²) in [6.07, 6.45) is 2.45. The van der Waals surface area contributed by atoms with E-state index in [1.54, 1.807) is 20.8 Å². The zero-order valence-corrected chi connectivity index (χ0v) is 24.8. The molecule has 2 aliphatic heterocycles. The molecule has 0 aromatic heterocycles. The van der Waals surface area contributed by atoms with Gasteiger partial charge in [-0.25, -0.2) is 14.4 Å². The minimum absolute atomic E-state index is 0.0321. The van der Waals surface area contributed by atoms with Crippen molar-refractivity contribution in [2.45, 2.75) is 82.5 Å². The van der Waals surface area contributed by atoms with Crippen molar-refractivity contribution >= 4 is 18.2 Å². The second-order valence-corrected chi connectivity index (χ2v) is 12.5. The Morgan fingerprint density at radius 1 is 1.00 bits per heavy atom. The van der Waals surface area contributed by atoms with Crippen molar-refractivity contribution in [3.63, 3.8) is 0 Å². The molecule has 0 bridgehead atoms. The van der Waals surface area contributed by atoms with Gasteiger partial charge in [0.15, 0.2) is 0 Å². The van der Waals surface area contributed by atoms with E-state index in [0.29, 0.717) is 13.0 Å². The van der Waals surface area contributed by atoms with Crippen molar-refractivity contribution in [3.8, 4) is 11.1 Å². The molecule has 2 heterocycles. The van der Waals surface area contributed by atoms with Crippen molar-refractivity contribution in [2.24, 2.45) is 0 Å². The van der Waals surface area contributed by atoms with Gasteiger partial charge in [0, 0.05) is 32.2 Å². The summed E-state index contributed by atoms with van der Waals surface area (Å²) in [7, 11) is 0. The topological polar surface area (TPSA) is 106 Å².